The molecule has 3 atom stereocenters. The predicted octanol–water partition coefficient (Wildman–Crippen LogP) is 9.08. The van der Waals surface area contributed by atoms with E-state index >= 15 is 0 Å². The number of hydrogen-bond acceptors (Lipinski definition) is 20. The highest BCUT2D eigenvalue weighted by molar-refractivity contribution is 6.02. The van der Waals surface area contributed by atoms with Crippen molar-refractivity contribution in [3.05, 3.63) is 11.1 Å². The van der Waals surface area contributed by atoms with Crippen LogP contribution in [0.15, 0.2) is 11.1 Å². The van der Waals surface area contributed by atoms with Gasteiger partial charge in [-0.05, 0) is 32.6 Å². The Morgan fingerprint density at radius 3 is 1.02 bits per heavy atom. The van der Waals surface area contributed by atoms with Crippen LogP contribution >= 0.6 is 0 Å². The molecule has 0 saturated carbocycles. The van der Waals surface area contributed by atoms with E-state index in [4.69, 9.17) is 52.1 Å². The van der Waals surface area contributed by atoms with Gasteiger partial charge in [0.15, 0.2) is 0 Å². The van der Waals surface area contributed by atoms with Gasteiger partial charge in [-0.2, -0.15) is 0 Å². The van der Waals surface area contributed by atoms with Gasteiger partial charge in [-0.25, -0.2) is 4.79 Å². The number of amides is 2. The number of carboxylic acids is 1. The average Bonchev–Trinajstić information content (AvgIpc) is 0.954. The van der Waals surface area contributed by atoms with E-state index < -0.39 is 30.2 Å². The molecule has 570 valence electrons. The Morgan fingerprint density at radius 1 is 0.375 bits per heavy atom. The maximum absolute atomic E-state index is 14.5. The van der Waals surface area contributed by atoms with E-state index in [1.54, 1.807) is 12.0 Å². The van der Waals surface area contributed by atoms with Gasteiger partial charge in [0.05, 0.1) is 157 Å². The number of carbonyl (C=O) groups excluding carboxylic acids is 2. The molecule has 0 saturated heterocycles. The Bertz CT molecular complexity index is 1660. The van der Waals surface area contributed by atoms with Crippen LogP contribution in [-0.2, 0) is 66.5 Å². The van der Waals surface area contributed by atoms with E-state index in [2.05, 4.69) is 41.6 Å². The monoisotopic (exact) mass is 1380 g/mol. The van der Waals surface area contributed by atoms with Gasteiger partial charge in [0, 0.05) is 90.1 Å². The van der Waals surface area contributed by atoms with Gasteiger partial charge in [-0.3, -0.25) is 14.5 Å². The van der Waals surface area contributed by atoms with E-state index in [9.17, 15) is 34.8 Å². The van der Waals surface area contributed by atoms with Crippen molar-refractivity contribution in [2.45, 2.75) is 232 Å². The fourth-order valence-corrected chi connectivity index (χ4v) is 10.6. The van der Waals surface area contributed by atoms with Crippen LogP contribution in [0.2, 0.25) is 0 Å². The van der Waals surface area contributed by atoms with Crippen LogP contribution in [0.4, 0.5) is 0 Å². The number of unbranched alkanes of at least 4 members (excludes halogenated alkanes) is 21. The van der Waals surface area contributed by atoms with Gasteiger partial charge in [0.25, 0.3) is 0 Å². The molecule has 0 aromatic rings. The van der Waals surface area contributed by atoms with E-state index in [1.807, 2.05) is 0 Å². The normalized spacial score (nSPS) is 13.0. The quantitative estimate of drug-likeness (QED) is 0.0221. The largest absolute Gasteiger partial charge is 0.478 e. The number of aliphatic hydroxyl groups is 3. The summed E-state index contributed by atoms with van der Waals surface area (Å²) >= 11 is 0. The summed E-state index contributed by atoms with van der Waals surface area (Å²) in [5.41, 5.74) is -0.103. The summed E-state index contributed by atoms with van der Waals surface area (Å²) in [7, 11) is 1.64. The minimum atomic E-state index is -1.27. The van der Waals surface area contributed by atoms with E-state index in [0.29, 0.717) is 184 Å². The molecule has 0 aliphatic carbocycles. The SMILES string of the molecule is CCCCCCCCCCC(O)CNCCN(CCNCC(O)CCCCCCCCCC)CCN(CC(O)CCCCCCCCCC)C(=O)/C(C)=C(/CCC(=O)NCCOCCOCCOCCOCCOCCOCCOCCOCCOCCOCCOC)C(=O)O. The first kappa shape index (κ1) is 93.5. The van der Waals surface area contributed by atoms with Crippen LogP contribution in [0.25, 0.3) is 0 Å². The Labute approximate surface area is 582 Å². The topological polar surface area (TPSA) is 276 Å². The van der Waals surface area contributed by atoms with Crippen molar-refractivity contribution in [3.8, 4) is 0 Å². The molecule has 0 rings (SSSR count). The third-order valence-corrected chi connectivity index (χ3v) is 16.5. The zero-order valence-corrected chi connectivity index (χ0v) is 61.6. The van der Waals surface area contributed by atoms with Gasteiger partial charge in [0.2, 0.25) is 11.8 Å². The van der Waals surface area contributed by atoms with E-state index in [-0.39, 0.29) is 56.1 Å². The number of aliphatic hydroxyl groups excluding tert-OH is 3. The minimum absolute atomic E-state index is 0.0368. The fraction of sp³-hybridized carbons (Fsp3) is 0.932. The molecule has 0 bridgehead atoms. The van der Waals surface area contributed by atoms with Crippen LogP contribution in [0.1, 0.15) is 214 Å². The summed E-state index contributed by atoms with van der Waals surface area (Å²) in [5, 5.41) is 53.2. The highest BCUT2D eigenvalue weighted by Crippen LogP contribution is 2.18. The lowest BCUT2D eigenvalue weighted by molar-refractivity contribution is -0.134. The zero-order chi connectivity index (χ0) is 70.1. The number of methoxy groups -OCH3 is 1. The Kier molecular flexibility index (Phi) is 73.2. The van der Waals surface area contributed by atoms with Crippen molar-refractivity contribution in [1.82, 2.24) is 25.8 Å². The third-order valence-electron chi connectivity index (χ3n) is 16.5. The summed E-state index contributed by atoms with van der Waals surface area (Å²) < 4.78 is 60.0. The maximum atomic E-state index is 14.5. The number of nitrogens with one attached hydrogen (secondary N) is 3. The molecule has 0 aliphatic rings. The van der Waals surface area contributed by atoms with Crippen LogP contribution in [0, 0.1) is 0 Å². The lowest BCUT2D eigenvalue weighted by Gasteiger charge is -2.30. The maximum Gasteiger partial charge on any atom is 0.332 e. The molecule has 0 aromatic heterocycles. The first-order valence-electron chi connectivity index (χ1n) is 37.9. The summed E-state index contributed by atoms with van der Waals surface area (Å²) in [4.78, 5) is 44.1. The van der Waals surface area contributed by atoms with Gasteiger partial charge in [0.1, 0.15) is 0 Å². The Balaban J connectivity index is 5.03. The lowest BCUT2D eigenvalue weighted by Crippen LogP contribution is -2.46. The molecule has 0 spiro atoms. The first-order valence-corrected chi connectivity index (χ1v) is 37.9. The van der Waals surface area contributed by atoms with Crippen molar-refractivity contribution >= 4 is 17.8 Å². The van der Waals surface area contributed by atoms with Crippen molar-refractivity contribution < 1.29 is 86.9 Å². The van der Waals surface area contributed by atoms with E-state index in [1.165, 1.54) is 110 Å². The molecule has 2 amide bonds. The molecular weight excluding hydrogens is 1230 g/mol. The second kappa shape index (κ2) is 75.1. The third kappa shape index (κ3) is 66.0. The number of carbonyl (C=O) groups is 3. The van der Waals surface area contributed by atoms with Gasteiger partial charge in [-0.15, -0.1) is 0 Å². The summed E-state index contributed by atoms with van der Waals surface area (Å²) in [6.07, 6.45) is 28.5. The molecule has 0 fully saturated rings. The molecule has 0 aliphatic heterocycles. The number of hydrogen-bond donors (Lipinski definition) is 7. The Hall–Kier alpha value is -2.53. The molecule has 3 unspecified atom stereocenters. The van der Waals surface area contributed by atoms with Crippen LogP contribution < -0.4 is 16.0 Å². The number of rotatable bonds is 80. The van der Waals surface area contributed by atoms with Crippen molar-refractivity contribution in [3.63, 3.8) is 0 Å². The van der Waals surface area contributed by atoms with Gasteiger partial charge >= 0.3 is 5.97 Å². The number of carboxylic acid groups (broad SMARTS) is 1. The van der Waals surface area contributed by atoms with Crippen molar-refractivity contribution in [1.29, 1.82) is 0 Å². The smallest absolute Gasteiger partial charge is 0.332 e. The number of ether oxygens (including phenoxy) is 11. The van der Waals surface area contributed by atoms with Crippen LogP contribution in [0.5, 0.6) is 0 Å². The van der Waals surface area contributed by atoms with Gasteiger partial charge in [-0.1, -0.05) is 175 Å². The molecule has 0 aromatic carbocycles. The van der Waals surface area contributed by atoms with Gasteiger partial charge < -0.3 is 93.4 Å². The Morgan fingerprint density at radius 2 is 0.688 bits per heavy atom. The highest BCUT2D eigenvalue weighted by atomic mass is 16.6. The molecule has 0 radical (unpaired) electrons. The zero-order valence-electron chi connectivity index (χ0n) is 61.6. The number of aliphatic carboxylic acids is 1. The van der Waals surface area contributed by atoms with Crippen LogP contribution in [0.3, 0.4) is 0 Å². The first-order chi connectivity index (χ1) is 47.0. The van der Waals surface area contributed by atoms with E-state index in [0.717, 1.165) is 64.2 Å². The number of nitrogens with zero attached hydrogens (tertiary/aromatic N) is 2. The van der Waals surface area contributed by atoms with Crippen molar-refractivity contribution in [2.24, 2.45) is 0 Å². The highest BCUT2D eigenvalue weighted by Gasteiger charge is 2.25. The second-order valence-electron chi connectivity index (χ2n) is 25.1. The molecule has 23 nitrogen and oxygen atoms in total. The summed E-state index contributed by atoms with van der Waals surface area (Å²) in [5.74, 6) is -2.11. The standard InChI is InChI=1S/C73H145N5O18/c1-6-9-12-15-18-21-24-27-30-67(79)63-74-35-38-77(39-36-75-64-68(80)31-28-25-22-19-16-13-10-7-2)40-41-78(65-69(81)32-29-26-23-20-17-14-11-8-3)72(83)66(4)70(73(84)85)33-34-71(82)76-37-42-87-45-46-89-49-50-91-53-54-93-57-58-95-61-62-96-60-59-94-56-55-92-52-51-90-48-47-88-44-43-86-5/h67-69,74-75,79-81H,6-65H2,1-5H3,(H,76,82)(H,84,85)/b70-66-. The molecule has 23 heteroatoms. The lowest BCUT2D eigenvalue weighted by atomic mass is 10.0. The second-order valence-corrected chi connectivity index (χ2v) is 25.1. The molecular formula is C73H145N5O18. The van der Waals surface area contributed by atoms with Crippen LogP contribution in [-0.4, -0.2) is 278 Å². The fourth-order valence-electron chi connectivity index (χ4n) is 10.6. The molecule has 7 N–H and O–H groups in total. The summed E-state index contributed by atoms with van der Waals surface area (Å²) in [6, 6.07) is 0. The minimum Gasteiger partial charge on any atom is -0.478 e. The summed E-state index contributed by atoms with van der Waals surface area (Å²) in [6.45, 7) is 22.1. The predicted molar refractivity (Wildman–Crippen MR) is 381 cm³/mol. The average molecular weight is 1380 g/mol. The molecule has 96 heavy (non-hydrogen) atoms. The van der Waals surface area contributed by atoms with Crippen molar-refractivity contribution in [2.75, 3.05) is 211 Å². The molecule has 0 heterocycles.